The van der Waals surface area contributed by atoms with Crippen molar-refractivity contribution in [3.63, 3.8) is 0 Å². The molecule has 6 heteroatoms. The Balaban J connectivity index is 1.63. The average Bonchev–Trinajstić information content (AvgIpc) is 3.01. The van der Waals surface area contributed by atoms with E-state index in [4.69, 9.17) is 9.47 Å². The van der Waals surface area contributed by atoms with Crippen LogP contribution in [0.2, 0.25) is 0 Å². The van der Waals surface area contributed by atoms with Crippen molar-refractivity contribution >= 4 is 27.5 Å². The van der Waals surface area contributed by atoms with E-state index in [1.165, 1.54) is 6.20 Å². The van der Waals surface area contributed by atoms with Crippen LogP contribution in [0.1, 0.15) is 16.8 Å². The molecule has 114 valence electrons. The highest BCUT2D eigenvalue weighted by atomic mass is 79.9. The van der Waals surface area contributed by atoms with Gasteiger partial charge in [-0.3, -0.25) is 4.79 Å². The summed E-state index contributed by atoms with van der Waals surface area (Å²) in [5.41, 5.74) is 1.21. The molecule has 1 saturated heterocycles. The van der Waals surface area contributed by atoms with Crippen molar-refractivity contribution in [3.05, 3.63) is 52.6 Å². The van der Waals surface area contributed by atoms with E-state index in [0.717, 1.165) is 23.2 Å². The first-order valence-corrected chi connectivity index (χ1v) is 7.77. The Morgan fingerprint density at radius 3 is 2.95 bits per heavy atom. The van der Waals surface area contributed by atoms with Gasteiger partial charge in [0.1, 0.15) is 6.10 Å². The number of rotatable bonds is 4. The maximum Gasteiger partial charge on any atom is 0.257 e. The van der Waals surface area contributed by atoms with Crippen LogP contribution in [0.15, 0.2) is 47.1 Å². The highest BCUT2D eigenvalue weighted by Crippen LogP contribution is 2.18. The lowest BCUT2D eigenvalue weighted by atomic mass is 10.2. The highest BCUT2D eigenvalue weighted by Gasteiger charge is 2.17. The molecule has 1 fully saturated rings. The monoisotopic (exact) mass is 362 g/mol. The molecular weight excluding hydrogens is 348 g/mol. The summed E-state index contributed by atoms with van der Waals surface area (Å²) in [5.74, 6) is 0.302. The first-order chi connectivity index (χ1) is 10.7. The first-order valence-electron chi connectivity index (χ1n) is 6.98. The van der Waals surface area contributed by atoms with E-state index in [2.05, 4.69) is 26.2 Å². The van der Waals surface area contributed by atoms with Crippen molar-refractivity contribution in [3.8, 4) is 5.88 Å². The Morgan fingerprint density at radius 2 is 2.27 bits per heavy atom. The van der Waals surface area contributed by atoms with Crippen molar-refractivity contribution in [1.29, 1.82) is 0 Å². The summed E-state index contributed by atoms with van der Waals surface area (Å²) < 4.78 is 11.8. The maximum absolute atomic E-state index is 12.2. The Morgan fingerprint density at radius 1 is 1.36 bits per heavy atom. The van der Waals surface area contributed by atoms with Crippen LogP contribution in [0, 0.1) is 0 Å². The number of ether oxygens (including phenoxy) is 2. The summed E-state index contributed by atoms with van der Waals surface area (Å²) in [6.45, 7) is 1.31. The molecule has 2 heterocycles. The van der Waals surface area contributed by atoms with Crippen LogP contribution in [0.4, 0.5) is 5.69 Å². The molecule has 0 bridgehead atoms. The molecule has 1 atom stereocenters. The van der Waals surface area contributed by atoms with Gasteiger partial charge in [-0.25, -0.2) is 4.98 Å². The second-order valence-corrected chi connectivity index (χ2v) is 5.87. The standard InChI is InChI=1S/C16H15BrN2O3/c17-12-2-1-3-13(8-12)19-16(20)11-4-5-15(18-9-11)22-14-6-7-21-10-14/h1-5,8-9,14H,6-7,10H2,(H,19,20). The summed E-state index contributed by atoms with van der Waals surface area (Å²) in [6, 6.07) is 10.8. The van der Waals surface area contributed by atoms with Crippen molar-refractivity contribution in [2.24, 2.45) is 0 Å². The molecule has 0 aliphatic carbocycles. The largest absolute Gasteiger partial charge is 0.472 e. The molecule has 2 aromatic rings. The molecular formula is C16H15BrN2O3. The smallest absolute Gasteiger partial charge is 0.257 e. The van der Waals surface area contributed by atoms with Crippen molar-refractivity contribution < 1.29 is 14.3 Å². The van der Waals surface area contributed by atoms with Gasteiger partial charge in [0.25, 0.3) is 5.91 Å². The quantitative estimate of drug-likeness (QED) is 0.906. The van der Waals surface area contributed by atoms with Crippen LogP contribution in [0.3, 0.4) is 0 Å². The van der Waals surface area contributed by atoms with Gasteiger partial charge in [-0.15, -0.1) is 0 Å². The van der Waals surface area contributed by atoms with Gasteiger partial charge in [0.2, 0.25) is 5.88 Å². The maximum atomic E-state index is 12.2. The number of nitrogens with zero attached hydrogens (tertiary/aromatic N) is 1. The normalized spacial score (nSPS) is 17.2. The average molecular weight is 363 g/mol. The van der Waals surface area contributed by atoms with Gasteiger partial charge in [0, 0.05) is 28.8 Å². The number of carbonyl (C=O) groups excluding carboxylic acids is 1. The Kier molecular flexibility index (Phi) is 4.70. The second kappa shape index (κ2) is 6.89. The van der Waals surface area contributed by atoms with Gasteiger partial charge in [0.05, 0.1) is 18.8 Å². The molecule has 1 aliphatic heterocycles. The SMILES string of the molecule is O=C(Nc1cccc(Br)c1)c1ccc(OC2CCOC2)nc1. The summed E-state index contributed by atoms with van der Waals surface area (Å²) in [5, 5.41) is 2.82. The lowest BCUT2D eigenvalue weighted by Crippen LogP contribution is -2.17. The molecule has 1 aromatic heterocycles. The number of hydrogen-bond acceptors (Lipinski definition) is 4. The number of carbonyl (C=O) groups is 1. The number of benzene rings is 1. The Hall–Kier alpha value is -1.92. The fraction of sp³-hybridized carbons (Fsp3) is 0.250. The van der Waals surface area contributed by atoms with Crippen LogP contribution in [0.25, 0.3) is 0 Å². The fourth-order valence-corrected chi connectivity index (χ4v) is 2.53. The minimum atomic E-state index is -0.207. The van der Waals surface area contributed by atoms with E-state index >= 15 is 0 Å². The molecule has 0 radical (unpaired) electrons. The zero-order valence-corrected chi connectivity index (χ0v) is 13.4. The number of pyridine rings is 1. The summed E-state index contributed by atoms with van der Waals surface area (Å²) in [7, 11) is 0. The number of anilines is 1. The van der Waals surface area contributed by atoms with E-state index in [1.807, 2.05) is 24.3 Å². The number of hydrogen-bond donors (Lipinski definition) is 1. The fourth-order valence-electron chi connectivity index (χ4n) is 2.13. The van der Waals surface area contributed by atoms with Crippen LogP contribution >= 0.6 is 15.9 Å². The number of amides is 1. The topological polar surface area (TPSA) is 60.5 Å². The zero-order valence-electron chi connectivity index (χ0n) is 11.8. The van der Waals surface area contributed by atoms with E-state index in [0.29, 0.717) is 18.1 Å². The lowest BCUT2D eigenvalue weighted by Gasteiger charge is -2.11. The van der Waals surface area contributed by atoms with Gasteiger partial charge < -0.3 is 14.8 Å². The molecule has 1 amide bonds. The third-order valence-electron chi connectivity index (χ3n) is 3.26. The van der Waals surface area contributed by atoms with E-state index in [1.54, 1.807) is 12.1 Å². The second-order valence-electron chi connectivity index (χ2n) is 4.95. The molecule has 0 saturated carbocycles. The summed E-state index contributed by atoms with van der Waals surface area (Å²) >= 11 is 3.37. The van der Waals surface area contributed by atoms with Crippen LogP contribution < -0.4 is 10.1 Å². The number of aromatic nitrogens is 1. The van der Waals surface area contributed by atoms with Crippen molar-refractivity contribution in [2.45, 2.75) is 12.5 Å². The van der Waals surface area contributed by atoms with Gasteiger partial charge >= 0.3 is 0 Å². The van der Waals surface area contributed by atoms with E-state index in [9.17, 15) is 4.79 Å². The predicted octanol–water partition coefficient (Wildman–Crippen LogP) is 3.26. The van der Waals surface area contributed by atoms with Crippen LogP contribution in [-0.4, -0.2) is 30.2 Å². The Labute approximate surface area is 136 Å². The molecule has 1 aliphatic rings. The van der Waals surface area contributed by atoms with Crippen LogP contribution in [0.5, 0.6) is 5.88 Å². The van der Waals surface area contributed by atoms with E-state index < -0.39 is 0 Å². The third-order valence-corrected chi connectivity index (χ3v) is 3.75. The highest BCUT2D eigenvalue weighted by molar-refractivity contribution is 9.10. The Bertz CT molecular complexity index is 655. The predicted molar refractivity (Wildman–Crippen MR) is 86.2 cm³/mol. The third kappa shape index (κ3) is 3.84. The minimum Gasteiger partial charge on any atom is -0.472 e. The molecule has 1 aromatic carbocycles. The van der Waals surface area contributed by atoms with Gasteiger partial charge in [-0.1, -0.05) is 22.0 Å². The summed E-state index contributed by atoms with van der Waals surface area (Å²) in [4.78, 5) is 16.3. The molecule has 22 heavy (non-hydrogen) atoms. The first kappa shape index (κ1) is 15.0. The number of halogens is 1. The van der Waals surface area contributed by atoms with E-state index in [-0.39, 0.29) is 12.0 Å². The van der Waals surface area contributed by atoms with Crippen molar-refractivity contribution in [1.82, 2.24) is 4.98 Å². The molecule has 3 rings (SSSR count). The zero-order chi connectivity index (χ0) is 15.4. The minimum absolute atomic E-state index is 0.0499. The van der Waals surface area contributed by atoms with Gasteiger partial charge in [-0.05, 0) is 24.3 Å². The van der Waals surface area contributed by atoms with Crippen LogP contribution in [-0.2, 0) is 4.74 Å². The molecule has 0 spiro atoms. The summed E-state index contributed by atoms with van der Waals surface area (Å²) in [6.07, 6.45) is 2.43. The van der Waals surface area contributed by atoms with Gasteiger partial charge in [-0.2, -0.15) is 0 Å². The number of nitrogens with one attached hydrogen (secondary N) is 1. The van der Waals surface area contributed by atoms with Gasteiger partial charge in [0.15, 0.2) is 0 Å². The molecule has 1 unspecified atom stereocenters. The molecule has 5 nitrogen and oxygen atoms in total. The van der Waals surface area contributed by atoms with Crippen molar-refractivity contribution in [2.75, 3.05) is 18.5 Å². The lowest BCUT2D eigenvalue weighted by molar-refractivity contribution is 0.102. The molecule has 1 N–H and O–H groups in total.